The van der Waals surface area contributed by atoms with Crippen molar-refractivity contribution in [2.24, 2.45) is 5.92 Å². The topological polar surface area (TPSA) is 104 Å². The Morgan fingerprint density at radius 1 is 1.17 bits per heavy atom. The van der Waals surface area contributed by atoms with Crippen LogP contribution in [-0.2, 0) is 14.6 Å². The molecule has 0 bridgehead atoms. The number of benzene rings is 1. The number of rotatable bonds is 2. The molecule has 0 radical (unpaired) electrons. The van der Waals surface area contributed by atoms with Crippen molar-refractivity contribution in [2.75, 3.05) is 0 Å². The van der Waals surface area contributed by atoms with Gasteiger partial charge in [-0.1, -0.05) is 18.2 Å². The van der Waals surface area contributed by atoms with Gasteiger partial charge in [-0.2, -0.15) is 0 Å². The molecule has 1 heterocycles. The molecule has 4 atom stereocenters. The predicted octanol–water partition coefficient (Wildman–Crippen LogP) is 1.16. The number of carbonyl (C=O) groups is 2. The molecule has 1 aliphatic heterocycles. The van der Waals surface area contributed by atoms with E-state index in [0.29, 0.717) is 6.42 Å². The number of halogens is 1. The van der Waals surface area contributed by atoms with Gasteiger partial charge in [-0.3, -0.25) is 10.0 Å². The van der Waals surface area contributed by atoms with Crippen molar-refractivity contribution in [3.63, 3.8) is 0 Å². The van der Waals surface area contributed by atoms with Gasteiger partial charge in [-0.25, -0.2) is 13.2 Å². The Labute approximate surface area is 138 Å². The number of sulfone groups is 1. The van der Waals surface area contributed by atoms with Gasteiger partial charge < -0.3 is 5.32 Å². The maximum Gasteiger partial charge on any atom is 0.348 e. The molecule has 1 aliphatic carbocycles. The van der Waals surface area contributed by atoms with Crippen molar-refractivity contribution < 1.29 is 23.2 Å². The van der Waals surface area contributed by atoms with E-state index in [0.717, 1.165) is 0 Å². The van der Waals surface area contributed by atoms with Crippen LogP contribution in [0.1, 0.15) is 12.8 Å². The van der Waals surface area contributed by atoms with Crippen LogP contribution in [0.4, 0.5) is 4.79 Å². The third kappa shape index (κ3) is 2.60. The van der Waals surface area contributed by atoms with Gasteiger partial charge in [0.25, 0.3) is 5.91 Å². The van der Waals surface area contributed by atoms with E-state index in [1.165, 1.54) is 12.1 Å². The van der Waals surface area contributed by atoms with Crippen molar-refractivity contribution in [1.29, 1.82) is 0 Å². The van der Waals surface area contributed by atoms with Gasteiger partial charge in [0.15, 0.2) is 9.84 Å². The fraction of sp³-hybridized carbons (Fsp3) is 0.429. The SMILES string of the molecule is O=C1NC2C(C(=O)N1O)C(Cl)CCC2S(=O)(=O)c1ccccc1. The molecule has 4 unspecified atom stereocenters. The van der Waals surface area contributed by atoms with Crippen molar-refractivity contribution in [1.82, 2.24) is 10.4 Å². The van der Waals surface area contributed by atoms with Gasteiger partial charge >= 0.3 is 6.03 Å². The third-order valence-corrected chi connectivity index (χ3v) is 7.10. The molecule has 3 amide bonds. The zero-order valence-corrected chi connectivity index (χ0v) is 13.5. The first-order chi connectivity index (χ1) is 10.8. The van der Waals surface area contributed by atoms with E-state index < -0.39 is 44.4 Å². The summed E-state index contributed by atoms with van der Waals surface area (Å²) < 4.78 is 25.7. The molecule has 23 heavy (non-hydrogen) atoms. The zero-order valence-electron chi connectivity index (χ0n) is 11.9. The highest BCUT2D eigenvalue weighted by Crippen LogP contribution is 2.37. The fourth-order valence-corrected chi connectivity index (χ4v) is 5.55. The number of urea groups is 1. The molecule has 1 aromatic rings. The summed E-state index contributed by atoms with van der Waals surface area (Å²) in [5, 5.41) is 10.2. The quantitative estimate of drug-likeness (QED) is 0.609. The molecule has 7 nitrogen and oxygen atoms in total. The molecule has 2 aliphatic rings. The molecule has 1 saturated carbocycles. The van der Waals surface area contributed by atoms with Crippen LogP contribution in [0.3, 0.4) is 0 Å². The minimum atomic E-state index is -3.75. The van der Waals surface area contributed by atoms with E-state index in [9.17, 15) is 23.2 Å². The number of amides is 3. The standard InChI is InChI=1S/C14H15ClN2O5S/c15-9-6-7-10(23(21,22)8-4-2-1-3-5-8)12-11(9)13(18)17(20)14(19)16-12/h1-5,9-12,20H,6-7H2,(H,16,19). The lowest BCUT2D eigenvalue weighted by molar-refractivity contribution is -0.163. The number of nitrogens with zero attached hydrogens (tertiary/aromatic N) is 1. The van der Waals surface area contributed by atoms with Crippen LogP contribution < -0.4 is 5.32 Å². The number of hydroxylamine groups is 2. The summed E-state index contributed by atoms with van der Waals surface area (Å²) in [4.78, 5) is 23.9. The molecule has 3 rings (SSSR count). The molecular weight excluding hydrogens is 344 g/mol. The Balaban J connectivity index is 2.01. The molecule has 2 fully saturated rings. The monoisotopic (exact) mass is 358 g/mol. The lowest BCUT2D eigenvalue weighted by Gasteiger charge is -2.43. The van der Waals surface area contributed by atoms with Crippen molar-refractivity contribution >= 4 is 33.4 Å². The molecule has 0 aromatic heterocycles. The van der Waals surface area contributed by atoms with E-state index in [1.54, 1.807) is 18.2 Å². The van der Waals surface area contributed by atoms with Gasteiger partial charge in [0, 0.05) is 5.38 Å². The van der Waals surface area contributed by atoms with Crippen LogP contribution in [0.15, 0.2) is 35.2 Å². The Morgan fingerprint density at radius 3 is 2.48 bits per heavy atom. The molecule has 1 aromatic carbocycles. The van der Waals surface area contributed by atoms with E-state index in [-0.39, 0.29) is 16.4 Å². The molecule has 0 spiro atoms. The number of carbonyl (C=O) groups excluding carboxylic acids is 2. The smallest absolute Gasteiger partial charge is 0.331 e. The Morgan fingerprint density at radius 2 is 1.83 bits per heavy atom. The predicted molar refractivity (Wildman–Crippen MR) is 80.7 cm³/mol. The maximum absolute atomic E-state index is 12.9. The highest BCUT2D eigenvalue weighted by atomic mass is 35.5. The van der Waals surface area contributed by atoms with E-state index in [1.807, 2.05) is 0 Å². The Kier molecular flexibility index (Phi) is 4.07. The minimum absolute atomic E-state index is 0.0337. The lowest BCUT2D eigenvalue weighted by Crippen LogP contribution is -2.67. The molecule has 2 N–H and O–H groups in total. The van der Waals surface area contributed by atoms with Crippen LogP contribution in [0.25, 0.3) is 0 Å². The number of hydrogen-bond acceptors (Lipinski definition) is 5. The van der Waals surface area contributed by atoms with Gasteiger partial charge in [-0.15, -0.1) is 16.7 Å². The third-order valence-electron chi connectivity index (χ3n) is 4.35. The van der Waals surface area contributed by atoms with Crippen molar-refractivity contribution in [2.45, 2.75) is 34.4 Å². The average Bonchev–Trinajstić information content (AvgIpc) is 2.53. The van der Waals surface area contributed by atoms with Crippen LogP contribution in [0.2, 0.25) is 0 Å². The second-order valence-electron chi connectivity index (χ2n) is 5.64. The molecule has 9 heteroatoms. The number of nitrogens with one attached hydrogen (secondary N) is 1. The summed E-state index contributed by atoms with van der Waals surface area (Å²) in [6, 6.07) is 5.88. The summed E-state index contributed by atoms with van der Waals surface area (Å²) in [7, 11) is -3.75. The van der Waals surface area contributed by atoms with E-state index in [4.69, 9.17) is 11.6 Å². The maximum atomic E-state index is 12.9. The van der Waals surface area contributed by atoms with Gasteiger partial charge in [0.2, 0.25) is 0 Å². The lowest BCUT2D eigenvalue weighted by atomic mass is 9.82. The minimum Gasteiger partial charge on any atom is -0.331 e. The van der Waals surface area contributed by atoms with Crippen LogP contribution in [-0.4, -0.2) is 47.3 Å². The highest BCUT2D eigenvalue weighted by molar-refractivity contribution is 7.92. The first kappa shape index (κ1) is 16.2. The van der Waals surface area contributed by atoms with Gasteiger partial charge in [0.05, 0.1) is 22.1 Å². The summed E-state index contributed by atoms with van der Waals surface area (Å²) in [5.74, 6) is -1.84. The molecule has 1 saturated heterocycles. The highest BCUT2D eigenvalue weighted by Gasteiger charge is 2.53. The van der Waals surface area contributed by atoms with Crippen molar-refractivity contribution in [3.05, 3.63) is 30.3 Å². The zero-order chi connectivity index (χ0) is 16.8. The number of imide groups is 1. The van der Waals surface area contributed by atoms with Gasteiger partial charge in [0.1, 0.15) is 0 Å². The summed E-state index contributed by atoms with van der Waals surface area (Å²) in [6.07, 6.45) is 0.528. The van der Waals surface area contributed by atoms with Gasteiger partial charge in [-0.05, 0) is 25.0 Å². The second-order valence-corrected chi connectivity index (χ2v) is 8.37. The second kappa shape index (κ2) is 5.77. The fourth-order valence-electron chi connectivity index (χ4n) is 3.21. The number of fused-ring (bicyclic) bond motifs is 1. The van der Waals surface area contributed by atoms with Crippen LogP contribution >= 0.6 is 11.6 Å². The summed E-state index contributed by atoms with van der Waals surface area (Å²) in [5.41, 5.74) is 0. The van der Waals surface area contributed by atoms with E-state index >= 15 is 0 Å². The summed E-state index contributed by atoms with van der Waals surface area (Å²) >= 11 is 6.15. The molecule has 124 valence electrons. The first-order valence-electron chi connectivity index (χ1n) is 7.10. The number of hydrogen-bond donors (Lipinski definition) is 2. The van der Waals surface area contributed by atoms with Crippen LogP contribution in [0.5, 0.6) is 0 Å². The Bertz CT molecular complexity index is 739. The summed E-state index contributed by atoms with van der Waals surface area (Å²) in [6.45, 7) is 0. The first-order valence-corrected chi connectivity index (χ1v) is 9.08. The Hall–Kier alpha value is -1.64. The van der Waals surface area contributed by atoms with E-state index in [2.05, 4.69) is 5.32 Å². The molecular formula is C14H15ClN2O5S. The van der Waals surface area contributed by atoms with Crippen molar-refractivity contribution in [3.8, 4) is 0 Å². The van der Waals surface area contributed by atoms with Crippen LogP contribution in [0, 0.1) is 5.92 Å². The largest absolute Gasteiger partial charge is 0.348 e. The number of alkyl halides is 1. The average molecular weight is 359 g/mol. The normalized spacial score (nSPS) is 31.5.